The van der Waals surface area contributed by atoms with Crippen molar-refractivity contribution in [1.29, 1.82) is 0 Å². The van der Waals surface area contributed by atoms with Crippen molar-refractivity contribution in [3.63, 3.8) is 0 Å². The van der Waals surface area contributed by atoms with Crippen molar-refractivity contribution < 1.29 is 0 Å². The van der Waals surface area contributed by atoms with Gasteiger partial charge in [-0.2, -0.15) is 0 Å². The van der Waals surface area contributed by atoms with Gasteiger partial charge in [0.2, 0.25) is 0 Å². The summed E-state index contributed by atoms with van der Waals surface area (Å²) in [5, 5.41) is 0. The molecule has 0 nitrogen and oxygen atoms in total. The van der Waals surface area contributed by atoms with Gasteiger partial charge in [0, 0.05) is 0 Å². The Morgan fingerprint density at radius 3 is 2.30 bits per heavy atom. The lowest BCUT2D eigenvalue weighted by Crippen LogP contribution is -1.92. The van der Waals surface area contributed by atoms with Gasteiger partial charge in [0.25, 0.3) is 0 Å². The molecule has 1 aromatic rings. The molecule has 0 fully saturated rings. The summed E-state index contributed by atoms with van der Waals surface area (Å²) in [5.74, 6) is 0. The molecule has 0 aromatic heterocycles. The summed E-state index contributed by atoms with van der Waals surface area (Å²) in [4.78, 5) is 0. The lowest BCUT2D eigenvalue weighted by Gasteiger charge is -2.26. The molecule has 0 N–H and O–H groups in total. The Bertz CT molecular complexity index is 244. The van der Waals surface area contributed by atoms with Crippen LogP contribution < -0.4 is 0 Å². The molecule has 2 rings (SSSR count). The third-order valence-electron chi connectivity index (χ3n) is 1.80. The number of benzene rings is 1. The molecule has 0 radical (unpaired) electrons. The maximum atomic E-state index is 2.18. The first kappa shape index (κ1) is 5.60. The lowest BCUT2D eigenvalue weighted by molar-refractivity contribution is 1.22. The van der Waals surface area contributed by atoms with Crippen LogP contribution in [0.4, 0.5) is 0 Å². The topological polar surface area (TPSA) is 0 Å². The van der Waals surface area contributed by atoms with Crippen molar-refractivity contribution in [1.82, 2.24) is 0 Å². The van der Waals surface area contributed by atoms with E-state index < -0.39 is 0 Å². The van der Waals surface area contributed by atoms with Crippen molar-refractivity contribution in [2.24, 2.45) is 0 Å². The van der Waals surface area contributed by atoms with Crippen molar-refractivity contribution in [2.75, 3.05) is 0 Å². The molecule has 1 aliphatic rings. The van der Waals surface area contributed by atoms with E-state index in [0.717, 1.165) is 6.42 Å². The zero-order valence-corrected chi connectivity index (χ0v) is 5.75. The van der Waals surface area contributed by atoms with Crippen molar-refractivity contribution in [3.05, 3.63) is 48.4 Å². The summed E-state index contributed by atoms with van der Waals surface area (Å²) < 4.78 is 0. The SMILES string of the molecule is C1=C(c2ccccc2)C[CH-]1. The standard InChI is InChI=1S/C10H9/c1-2-5-9(6-3-1)10-7-4-8-10/h1-7H,8H2/q-1. The first-order chi connectivity index (χ1) is 4.97. The molecule has 0 saturated heterocycles. The second-order valence-electron chi connectivity index (χ2n) is 2.50. The average molecular weight is 129 g/mol. The van der Waals surface area contributed by atoms with Crippen molar-refractivity contribution in [3.8, 4) is 0 Å². The molecule has 0 atom stereocenters. The van der Waals surface area contributed by atoms with Crippen LogP contribution in [0.1, 0.15) is 12.0 Å². The Morgan fingerprint density at radius 2 is 1.80 bits per heavy atom. The molecule has 10 heavy (non-hydrogen) atoms. The molecule has 0 spiro atoms. The normalized spacial score (nSPS) is 15.0. The first-order valence-corrected chi connectivity index (χ1v) is 3.54. The van der Waals surface area contributed by atoms with Crippen LogP contribution in [0.25, 0.3) is 5.57 Å². The zero-order chi connectivity index (χ0) is 6.81. The van der Waals surface area contributed by atoms with Gasteiger partial charge in [0.15, 0.2) is 0 Å². The largest absolute Gasteiger partial charge is 0.242 e. The molecular formula is C10H9-. The fourth-order valence-electron chi connectivity index (χ4n) is 1.10. The summed E-state index contributed by atoms with van der Waals surface area (Å²) in [7, 11) is 0. The molecule has 0 heterocycles. The van der Waals surface area contributed by atoms with E-state index in [4.69, 9.17) is 0 Å². The van der Waals surface area contributed by atoms with Gasteiger partial charge < -0.3 is 0 Å². The first-order valence-electron chi connectivity index (χ1n) is 3.54. The summed E-state index contributed by atoms with van der Waals surface area (Å²) >= 11 is 0. The smallest absolute Gasteiger partial charge is 0.0623 e. The van der Waals surface area contributed by atoms with Gasteiger partial charge in [-0.05, 0) is 0 Å². The molecule has 1 aromatic carbocycles. The lowest BCUT2D eigenvalue weighted by atomic mass is 9.92. The van der Waals surface area contributed by atoms with Crippen LogP contribution in [0, 0.1) is 6.42 Å². The van der Waals surface area contributed by atoms with Gasteiger partial charge >= 0.3 is 0 Å². The minimum absolute atomic E-state index is 1.14. The van der Waals surface area contributed by atoms with Crippen LogP contribution in [0.3, 0.4) is 0 Å². The number of hydrogen-bond acceptors (Lipinski definition) is 0. The summed E-state index contributed by atoms with van der Waals surface area (Å²) in [5.41, 5.74) is 2.82. The third-order valence-corrected chi connectivity index (χ3v) is 1.80. The van der Waals surface area contributed by atoms with Crippen LogP contribution in [-0.4, -0.2) is 0 Å². The van der Waals surface area contributed by atoms with E-state index in [1.54, 1.807) is 0 Å². The molecule has 0 saturated carbocycles. The summed E-state index contributed by atoms with van der Waals surface area (Å²) in [6.07, 6.45) is 5.50. The second kappa shape index (κ2) is 2.22. The van der Waals surface area contributed by atoms with Gasteiger partial charge in [0.05, 0.1) is 0 Å². The highest BCUT2D eigenvalue weighted by Crippen LogP contribution is 2.27. The molecule has 50 valence electrons. The van der Waals surface area contributed by atoms with E-state index in [0.29, 0.717) is 0 Å². The minimum Gasteiger partial charge on any atom is -0.242 e. The fraction of sp³-hybridized carbons (Fsp3) is 0.100. The highest BCUT2D eigenvalue weighted by molar-refractivity contribution is 5.72. The van der Waals surface area contributed by atoms with E-state index in [1.165, 1.54) is 11.1 Å². The van der Waals surface area contributed by atoms with Crippen LogP contribution in [0.2, 0.25) is 0 Å². The molecule has 0 aliphatic heterocycles. The maximum Gasteiger partial charge on any atom is -0.0623 e. The predicted octanol–water partition coefficient (Wildman–Crippen LogP) is 2.68. The summed E-state index contributed by atoms with van der Waals surface area (Å²) in [6, 6.07) is 10.5. The fourth-order valence-corrected chi connectivity index (χ4v) is 1.10. The number of rotatable bonds is 1. The highest BCUT2D eigenvalue weighted by Gasteiger charge is 1.93. The molecule has 0 unspecified atom stereocenters. The van der Waals surface area contributed by atoms with Gasteiger partial charge in [-0.3, -0.25) is 0 Å². The predicted molar refractivity (Wildman–Crippen MR) is 43.3 cm³/mol. The maximum absolute atomic E-state index is 2.18. The van der Waals surface area contributed by atoms with Crippen LogP contribution >= 0.6 is 0 Å². The Labute approximate surface area is 61.2 Å². The Kier molecular flexibility index (Phi) is 1.24. The quantitative estimate of drug-likeness (QED) is 0.511. The second-order valence-corrected chi connectivity index (χ2v) is 2.50. The number of allylic oxidation sites excluding steroid dienone is 2. The highest BCUT2D eigenvalue weighted by atomic mass is 14.1. The number of hydrogen-bond donors (Lipinski definition) is 0. The van der Waals surface area contributed by atoms with E-state index >= 15 is 0 Å². The molecule has 1 aliphatic carbocycles. The average Bonchev–Trinajstić information content (AvgIpc) is 1.86. The molecule has 0 amide bonds. The van der Waals surface area contributed by atoms with Gasteiger partial charge in [-0.15, -0.1) is 12.0 Å². The molecule has 0 bridgehead atoms. The molecular weight excluding hydrogens is 120 g/mol. The third kappa shape index (κ3) is 0.820. The minimum atomic E-state index is 1.14. The van der Waals surface area contributed by atoms with Gasteiger partial charge in [-0.1, -0.05) is 30.3 Å². The Balaban J connectivity index is 2.34. The van der Waals surface area contributed by atoms with Crippen molar-refractivity contribution >= 4 is 5.57 Å². The molecule has 0 heteroatoms. The van der Waals surface area contributed by atoms with Crippen LogP contribution in [0.5, 0.6) is 0 Å². The van der Waals surface area contributed by atoms with Gasteiger partial charge in [0.1, 0.15) is 0 Å². The Morgan fingerprint density at radius 1 is 1.10 bits per heavy atom. The Hall–Kier alpha value is -1.17. The van der Waals surface area contributed by atoms with E-state index in [-0.39, 0.29) is 0 Å². The van der Waals surface area contributed by atoms with Crippen LogP contribution in [-0.2, 0) is 0 Å². The zero-order valence-electron chi connectivity index (χ0n) is 5.75. The summed E-state index contributed by atoms with van der Waals surface area (Å²) in [6.45, 7) is 0. The monoisotopic (exact) mass is 129 g/mol. The van der Waals surface area contributed by atoms with Crippen LogP contribution in [0.15, 0.2) is 36.4 Å². The van der Waals surface area contributed by atoms with Crippen molar-refractivity contribution in [2.45, 2.75) is 6.42 Å². The van der Waals surface area contributed by atoms with Gasteiger partial charge in [-0.25, -0.2) is 18.1 Å². The van der Waals surface area contributed by atoms with E-state index in [9.17, 15) is 0 Å². The van der Waals surface area contributed by atoms with E-state index in [1.807, 2.05) is 6.07 Å². The van der Waals surface area contributed by atoms with E-state index in [2.05, 4.69) is 36.8 Å².